The van der Waals surface area contributed by atoms with Crippen molar-refractivity contribution in [2.45, 2.75) is 13.8 Å². The zero-order chi connectivity index (χ0) is 16.7. The summed E-state index contributed by atoms with van der Waals surface area (Å²) in [6, 6.07) is 12.4. The molecule has 22 heavy (non-hydrogen) atoms. The van der Waals surface area contributed by atoms with Crippen LogP contribution in [0, 0.1) is 13.8 Å². The second-order valence-corrected chi connectivity index (χ2v) is 8.99. The van der Waals surface area contributed by atoms with Gasteiger partial charge in [-0.2, -0.15) is 0 Å². The molecule has 0 aliphatic heterocycles. The Morgan fingerprint density at radius 2 is 1.64 bits per heavy atom. The summed E-state index contributed by atoms with van der Waals surface area (Å²) in [7, 11) is 14.3. The van der Waals surface area contributed by atoms with Gasteiger partial charge in [0, 0.05) is 30.4 Å². The Bertz CT molecular complexity index is 623. The predicted octanol–water partition coefficient (Wildman–Crippen LogP) is 4.08. The first-order valence-electron chi connectivity index (χ1n) is 6.70. The van der Waals surface area contributed by atoms with Crippen molar-refractivity contribution in [1.82, 2.24) is 0 Å². The fraction of sp³-hybridized carbons (Fsp3) is 0.250. The van der Waals surface area contributed by atoms with Crippen LogP contribution in [0.5, 0.6) is 5.75 Å². The Labute approximate surface area is 151 Å². The van der Waals surface area contributed by atoms with Crippen molar-refractivity contribution in [2.24, 2.45) is 0 Å². The van der Waals surface area contributed by atoms with Crippen LogP contribution in [0.4, 0.5) is 5.69 Å². The molecule has 1 unspecified atom stereocenters. The summed E-state index contributed by atoms with van der Waals surface area (Å²) in [4.78, 5) is 2.11. The zero-order valence-electron chi connectivity index (χ0n) is 13.1. The van der Waals surface area contributed by atoms with E-state index in [4.69, 9.17) is 18.6 Å². The summed E-state index contributed by atoms with van der Waals surface area (Å²) in [6.45, 7) is 4.02. The van der Waals surface area contributed by atoms with Gasteiger partial charge in [0.05, 0.1) is 0 Å². The molecule has 1 atom stereocenters. The molecule has 0 amide bonds. The van der Waals surface area contributed by atoms with Crippen molar-refractivity contribution in [3.8, 4) is 5.75 Å². The van der Waals surface area contributed by atoms with E-state index in [1.165, 1.54) is 16.6 Å². The Kier molecular flexibility index (Phi) is 8.83. The number of phenolic OH excluding ortho intramolecular Hbond substituents is 1. The number of para-hydroxylation sites is 1. The third-order valence-corrected chi connectivity index (χ3v) is 4.44. The number of aromatic hydroxyl groups is 1. The van der Waals surface area contributed by atoms with Crippen molar-refractivity contribution in [3.05, 3.63) is 47.5 Å². The number of rotatable bonds is 3. The van der Waals surface area contributed by atoms with Gasteiger partial charge < -0.3 is 10.0 Å². The normalized spacial score (nSPS) is 10.3. The van der Waals surface area contributed by atoms with Gasteiger partial charge in [-0.25, -0.2) is 0 Å². The van der Waals surface area contributed by atoms with Gasteiger partial charge in [0.2, 0.25) is 0 Å². The number of halogens is 2. The molecule has 2 aromatic rings. The first kappa shape index (κ1) is 19.8. The molecule has 6 heteroatoms. The molecule has 0 saturated heterocycles. The summed E-state index contributed by atoms with van der Waals surface area (Å²) in [5.41, 5.74) is 3.35. The summed E-state index contributed by atoms with van der Waals surface area (Å²) < 4.78 is 0. The van der Waals surface area contributed by atoms with Crippen molar-refractivity contribution in [3.63, 3.8) is 0 Å². The summed E-state index contributed by atoms with van der Waals surface area (Å²) in [5.74, 6) is 0.428. The van der Waals surface area contributed by atoms with Crippen LogP contribution >= 0.6 is 27.2 Å². The Balaban J connectivity index is 0.000000745. The fourth-order valence-electron chi connectivity index (χ4n) is 2.17. The summed E-state index contributed by atoms with van der Waals surface area (Å²) >= 11 is -0.556. The first-order chi connectivity index (χ1) is 10.4. The number of anilines is 1. The van der Waals surface area contributed by atoms with E-state index in [1.807, 2.05) is 33.2 Å². The topological polar surface area (TPSA) is 23.5 Å². The van der Waals surface area contributed by atoms with Gasteiger partial charge in [0.1, 0.15) is 5.75 Å². The van der Waals surface area contributed by atoms with E-state index in [0.29, 0.717) is 14.3 Å². The predicted molar refractivity (Wildman–Crippen MR) is 97.6 cm³/mol. The number of nitrogens with zero attached hydrogens (tertiary/aromatic N) is 1. The summed E-state index contributed by atoms with van der Waals surface area (Å²) in [5, 5.41) is 12.5. The number of benzene rings is 2. The number of hydrogen-bond acceptors (Lipinski definition) is 2. The summed E-state index contributed by atoms with van der Waals surface area (Å²) in [6.07, 6.45) is 0. The second-order valence-electron chi connectivity index (χ2n) is 5.09. The minimum atomic E-state index is -0.556. The van der Waals surface area contributed by atoms with Crippen molar-refractivity contribution >= 4 is 43.5 Å². The van der Waals surface area contributed by atoms with E-state index in [1.54, 1.807) is 0 Å². The minimum absolute atomic E-state index is 0.428. The molecular formula is C16H20Cl2NOPTi. The van der Waals surface area contributed by atoms with Crippen LogP contribution in [0.2, 0.25) is 0 Å². The van der Waals surface area contributed by atoms with E-state index in [9.17, 15) is 5.11 Å². The van der Waals surface area contributed by atoms with Gasteiger partial charge >= 0.3 is 35.6 Å². The molecule has 0 fully saturated rings. The van der Waals surface area contributed by atoms with Crippen LogP contribution in [0.1, 0.15) is 11.1 Å². The number of hydrogen-bond donors (Lipinski definition) is 1. The molecular weight excluding hydrogens is 372 g/mol. The molecule has 2 rings (SSSR count). The van der Waals surface area contributed by atoms with Crippen molar-refractivity contribution < 1.29 is 22.1 Å². The maximum atomic E-state index is 10.2. The fourth-order valence-corrected chi connectivity index (χ4v) is 3.69. The van der Waals surface area contributed by atoms with Crippen molar-refractivity contribution in [2.75, 3.05) is 19.0 Å². The van der Waals surface area contributed by atoms with Crippen LogP contribution in [0.25, 0.3) is 0 Å². The third kappa shape index (κ3) is 5.76. The average Bonchev–Trinajstić information content (AvgIpc) is 2.45. The molecule has 0 aromatic heterocycles. The quantitative estimate of drug-likeness (QED) is 0.629. The molecule has 1 N–H and O–H groups in total. The molecule has 118 valence electrons. The van der Waals surface area contributed by atoms with Gasteiger partial charge in [0.15, 0.2) is 0 Å². The second kappa shape index (κ2) is 9.80. The SMILES string of the molecule is Cc1cc(C)c(O)c(Pc2ccccc2N(C)C)c1.[Cl][Ti][Cl]. The van der Waals surface area contributed by atoms with Gasteiger partial charge in [0.25, 0.3) is 0 Å². The maximum absolute atomic E-state index is 10.2. The van der Waals surface area contributed by atoms with Crippen molar-refractivity contribution in [1.29, 1.82) is 0 Å². The average molecular weight is 392 g/mol. The molecule has 0 aliphatic rings. The van der Waals surface area contributed by atoms with E-state index < -0.39 is 17.0 Å². The van der Waals surface area contributed by atoms with E-state index in [-0.39, 0.29) is 0 Å². The molecule has 0 radical (unpaired) electrons. The Hall–Kier alpha value is -0.236. The van der Waals surface area contributed by atoms with E-state index in [0.717, 1.165) is 10.9 Å². The van der Waals surface area contributed by atoms with Gasteiger partial charge in [-0.3, -0.25) is 0 Å². The molecule has 2 nitrogen and oxygen atoms in total. The number of aryl methyl sites for hydroxylation is 2. The van der Waals surface area contributed by atoms with E-state index in [2.05, 4.69) is 36.1 Å². The van der Waals surface area contributed by atoms with Crippen LogP contribution in [-0.2, 0) is 17.0 Å². The standard InChI is InChI=1S/C16H20NOP.2ClH.Ti/c1-11-9-12(2)16(18)15(10-11)19-14-8-6-5-7-13(14)17(3)4;;;/h5-10,18-19H,1-4H3;2*1H;/q;;;+2/p-2. The Morgan fingerprint density at radius 3 is 2.23 bits per heavy atom. The molecule has 0 bridgehead atoms. The molecule has 0 aliphatic carbocycles. The van der Waals surface area contributed by atoms with Gasteiger partial charge in [-0.15, -0.1) is 0 Å². The molecule has 0 saturated carbocycles. The third-order valence-electron chi connectivity index (χ3n) is 3.10. The Morgan fingerprint density at radius 1 is 1.05 bits per heavy atom. The van der Waals surface area contributed by atoms with Crippen LogP contribution in [0.15, 0.2) is 36.4 Å². The zero-order valence-corrected chi connectivity index (χ0v) is 17.2. The van der Waals surface area contributed by atoms with E-state index >= 15 is 0 Å². The van der Waals surface area contributed by atoms with Crippen LogP contribution in [0.3, 0.4) is 0 Å². The molecule has 0 spiro atoms. The first-order valence-corrected chi connectivity index (χ1v) is 12.0. The van der Waals surface area contributed by atoms with Crippen LogP contribution in [-0.4, -0.2) is 19.2 Å². The molecule has 2 aromatic carbocycles. The molecule has 0 heterocycles. The van der Waals surface area contributed by atoms with Crippen LogP contribution < -0.4 is 15.5 Å². The van der Waals surface area contributed by atoms with Gasteiger partial charge in [-0.1, -0.05) is 32.8 Å². The monoisotopic (exact) mass is 391 g/mol. The number of phenols is 1. The van der Waals surface area contributed by atoms with Gasteiger partial charge in [-0.05, 0) is 37.1 Å².